The summed E-state index contributed by atoms with van der Waals surface area (Å²) in [6.45, 7) is 5.83. The summed E-state index contributed by atoms with van der Waals surface area (Å²) in [5.41, 5.74) is 0. The van der Waals surface area contributed by atoms with Gasteiger partial charge in [-0.3, -0.25) is 9.36 Å². The molecule has 0 aliphatic rings. The van der Waals surface area contributed by atoms with Crippen molar-refractivity contribution >= 4 is 23.7 Å². The molecule has 0 fully saturated rings. The van der Waals surface area contributed by atoms with E-state index in [0.717, 1.165) is 19.0 Å². The van der Waals surface area contributed by atoms with E-state index in [4.69, 9.17) is 5.11 Å². The summed E-state index contributed by atoms with van der Waals surface area (Å²) in [4.78, 5) is 14.8. The van der Waals surface area contributed by atoms with E-state index in [9.17, 15) is 4.79 Å². The van der Waals surface area contributed by atoms with E-state index in [2.05, 4.69) is 15.1 Å². The minimum Gasteiger partial charge on any atom is -0.481 e. The van der Waals surface area contributed by atoms with Gasteiger partial charge in [0.2, 0.25) is 5.95 Å². The third-order valence-corrected chi connectivity index (χ3v) is 3.64. The Balaban J connectivity index is 2.87. The number of carboxylic acid groups (broad SMARTS) is 1. The molecule has 0 aromatic carbocycles. The zero-order valence-electron chi connectivity index (χ0n) is 12.7. The van der Waals surface area contributed by atoms with Gasteiger partial charge in [-0.05, 0) is 27.9 Å². The molecule has 0 aliphatic carbocycles. The first-order valence-electron chi connectivity index (χ1n) is 6.48. The first-order chi connectivity index (χ1) is 9.32. The van der Waals surface area contributed by atoms with Crippen molar-refractivity contribution in [2.24, 2.45) is 0 Å². The summed E-state index contributed by atoms with van der Waals surface area (Å²) in [5.74, 6) is -0.0859. The number of nitrogens with zero attached hydrogens (tertiary/aromatic N) is 5. The number of hydrogen-bond acceptors (Lipinski definition) is 6. The SMILES string of the molecule is CC(C)n1c(SCC(=O)O)nnc1N(C)CCN(C)C. The van der Waals surface area contributed by atoms with Crippen molar-refractivity contribution in [1.29, 1.82) is 0 Å². The van der Waals surface area contributed by atoms with Crippen LogP contribution in [0.4, 0.5) is 5.95 Å². The Labute approximate surface area is 124 Å². The van der Waals surface area contributed by atoms with E-state index in [-0.39, 0.29) is 11.8 Å². The average molecular weight is 301 g/mol. The molecule has 0 saturated carbocycles. The van der Waals surface area contributed by atoms with Gasteiger partial charge in [0.15, 0.2) is 5.16 Å². The van der Waals surface area contributed by atoms with Gasteiger partial charge < -0.3 is 14.9 Å². The highest BCUT2D eigenvalue weighted by Crippen LogP contribution is 2.25. The number of aliphatic carboxylic acids is 1. The van der Waals surface area contributed by atoms with Crippen molar-refractivity contribution in [3.63, 3.8) is 0 Å². The fourth-order valence-corrected chi connectivity index (χ4v) is 2.44. The molecular formula is C12H23N5O2S. The number of aromatic nitrogens is 3. The van der Waals surface area contributed by atoms with Gasteiger partial charge in [-0.1, -0.05) is 11.8 Å². The molecule has 0 spiro atoms. The fourth-order valence-electron chi connectivity index (χ4n) is 1.66. The molecule has 8 heteroatoms. The standard InChI is InChI=1S/C12H23N5O2S/c1-9(2)17-11(16(5)7-6-15(3)4)13-14-12(17)20-8-10(18)19/h9H,6-8H2,1-5H3,(H,18,19). The maximum absolute atomic E-state index is 10.7. The Morgan fingerprint density at radius 1 is 1.30 bits per heavy atom. The van der Waals surface area contributed by atoms with Crippen LogP contribution in [0.25, 0.3) is 0 Å². The summed E-state index contributed by atoms with van der Waals surface area (Å²) in [6.07, 6.45) is 0. The highest BCUT2D eigenvalue weighted by Gasteiger charge is 2.18. The predicted octanol–water partition coefficient (Wildman–Crippen LogP) is 1.03. The van der Waals surface area contributed by atoms with Gasteiger partial charge in [0.05, 0.1) is 5.75 Å². The van der Waals surface area contributed by atoms with Crippen LogP contribution < -0.4 is 4.90 Å². The predicted molar refractivity (Wildman–Crippen MR) is 80.6 cm³/mol. The molecule has 114 valence electrons. The van der Waals surface area contributed by atoms with Gasteiger partial charge in [-0.25, -0.2) is 0 Å². The third kappa shape index (κ3) is 4.68. The molecule has 0 saturated heterocycles. The number of carbonyl (C=O) groups is 1. The van der Waals surface area contributed by atoms with Crippen LogP contribution in [-0.4, -0.2) is 70.7 Å². The molecule has 1 rings (SSSR count). The average Bonchev–Trinajstić information content (AvgIpc) is 2.77. The molecule has 20 heavy (non-hydrogen) atoms. The number of anilines is 1. The van der Waals surface area contributed by atoms with Crippen molar-refractivity contribution in [3.05, 3.63) is 0 Å². The van der Waals surface area contributed by atoms with Crippen LogP contribution in [0, 0.1) is 0 Å². The monoisotopic (exact) mass is 301 g/mol. The maximum Gasteiger partial charge on any atom is 0.313 e. The summed E-state index contributed by atoms with van der Waals surface area (Å²) in [5, 5.41) is 17.7. The van der Waals surface area contributed by atoms with Crippen LogP contribution in [0.5, 0.6) is 0 Å². The molecular weight excluding hydrogens is 278 g/mol. The number of carboxylic acids is 1. The van der Waals surface area contributed by atoms with Gasteiger partial charge in [0.1, 0.15) is 0 Å². The minimum atomic E-state index is -0.851. The van der Waals surface area contributed by atoms with Crippen molar-refractivity contribution in [2.45, 2.75) is 25.0 Å². The topological polar surface area (TPSA) is 74.5 Å². The second-order valence-corrected chi connectivity index (χ2v) is 6.10. The molecule has 0 atom stereocenters. The van der Waals surface area contributed by atoms with E-state index in [0.29, 0.717) is 5.16 Å². The van der Waals surface area contributed by atoms with E-state index in [1.807, 2.05) is 44.5 Å². The Bertz CT molecular complexity index is 447. The molecule has 0 amide bonds. The largest absolute Gasteiger partial charge is 0.481 e. The van der Waals surface area contributed by atoms with Crippen LogP contribution in [0.2, 0.25) is 0 Å². The molecule has 7 nitrogen and oxygen atoms in total. The van der Waals surface area contributed by atoms with Crippen LogP contribution >= 0.6 is 11.8 Å². The maximum atomic E-state index is 10.7. The quantitative estimate of drug-likeness (QED) is 0.719. The zero-order valence-corrected chi connectivity index (χ0v) is 13.5. The number of hydrogen-bond donors (Lipinski definition) is 1. The summed E-state index contributed by atoms with van der Waals surface area (Å²) in [7, 11) is 6.02. The van der Waals surface area contributed by atoms with Gasteiger partial charge in [-0.2, -0.15) is 0 Å². The summed E-state index contributed by atoms with van der Waals surface area (Å²) >= 11 is 1.20. The van der Waals surface area contributed by atoms with Gasteiger partial charge in [0, 0.05) is 26.2 Å². The van der Waals surface area contributed by atoms with E-state index in [1.165, 1.54) is 11.8 Å². The Morgan fingerprint density at radius 2 is 1.95 bits per heavy atom. The van der Waals surface area contributed by atoms with E-state index >= 15 is 0 Å². The molecule has 1 N–H and O–H groups in total. The smallest absolute Gasteiger partial charge is 0.313 e. The van der Waals surface area contributed by atoms with Crippen LogP contribution in [0.1, 0.15) is 19.9 Å². The van der Waals surface area contributed by atoms with E-state index < -0.39 is 5.97 Å². The van der Waals surface area contributed by atoms with Crippen LogP contribution in [0.3, 0.4) is 0 Å². The number of rotatable bonds is 8. The lowest BCUT2D eigenvalue weighted by Gasteiger charge is -2.23. The van der Waals surface area contributed by atoms with E-state index in [1.54, 1.807) is 0 Å². The molecule has 1 aromatic heterocycles. The molecule has 0 bridgehead atoms. The normalized spacial score (nSPS) is 11.3. The third-order valence-electron chi connectivity index (χ3n) is 2.71. The van der Waals surface area contributed by atoms with Crippen molar-refractivity contribution in [1.82, 2.24) is 19.7 Å². The second-order valence-electron chi connectivity index (χ2n) is 5.15. The highest BCUT2D eigenvalue weighted by atomic mass is 32.2. The van der Waals surface area contributed by atoms with Gasteiger partial charge in [0.25, 0.3) is 0 Å². The van der Waals surface area contributed by atoms with Crippen LogP contribution in [-0.2, 0) is 4.79 Å². The Hall–Kier alpha value is -1.28. The molecule has 0 aliphatic heterocycles. The summed E-state index contributed by atoms with van der Waals surface area (Å²) < 4.78 is 1.98. The molecule has 0 unspecified atom stereocenters. The summed E-state index contributed by atoms with van der Waals surface area (Å²) in [6, 6.07) is 0.179. The first-order valence-corrected chi connectivity index (χ1v) is 7.46. The van der Waals surface area contributed by atoms with Crippen molar-refractivity contribution < 1.29 is 9.90 Å². The van der Waals surface area contributed by atoms with Gasteiger partial charge >= 0.3 is 5.97 Å². The zero-order chi connectivity index (χ0) is 15.3. The second kappa shape index (κ2) is 7.49. The fraction of sp³-hybridized carbons (Fsp3) is 0.750. The number of likely N-dealkylation sites (N-methyl/N-ethyl adjacent to an activating group) is 2. The molecule has 1 heterocycles. The lowest BCUT2D eigenvalue weighted by Crippen LogP contribution is -2.30. The first kappa shape index (κ1) is 16.8. The molecule has 0 radical (unpaired) electrons. The van der Waals surface area contributed by atoms with Crippen LogP contribution in [0.15, 0.2) is 5.16 Å². The van der Waals surface area contributed by atoms with Gasteiger partial charge in [-0.15, -0.1) is 10.2 Å². The lowest BCUT2D eigenvalue weighted by atomic mass is 10.4. The Morgan fingerprint density at radius 3 is 2.45 bits per heavy atom. The Kier molecular flexibility index (Phi) is 6.28. The minimum absolute atomic E-state index is 0.00767. The van der Waals surface area contributed by atoms with Crippen molar-refractivity contribution in [3.8, 4) is 0 Å². The number of thioether (sulfide) groups is 1. The van der Waals surface area contributed by atoms with Crippen molar-refractivity contribution in [2.75, 3.05) is 44.9 Å². The highest BCUT2D eigenvalue weighted by molar-refractivity contribution is 7.99. The lowest BCUT2D eigenvalue weighted by molar-refractivity contribution is -0.133. The molecule has 1 aromatic rings.